The van der Waals surface area contributed by atoms with E-state index in [1.165, 1.54) is 34.9 Å². The standard InChI is InChI=1S/C19H17F4N3O3/c1-11-18(13-9-12(20)3-5-15(13)25(11)10-17(28)29)14-4-6-16(27)26(24-14)8-2-7-19(21,22)23/h3-6,9H,2,7-8,10H2,1H3,(H,28,29). The zero-order valence-corrected chi connectivity index (χ0v) is 15.3. The summed E-state index contributed by atoms with van der Waals surface area (Å²) in [6.45, 7) is 1.05. The third-order valence-electron chi connectivity index (χ3n) is 4.53. The number of hydrogen-bond donors (Lipinski definition) is 1. The zero-order valence-electron chi connectivity index (χ0n) is 15.3. The van der Waals surface area contributed by atoms with E-state index in [0.29, 0.717) is 22.2 Å². The highest BCUT2D eigenvalue weighted by atomic mass is 19.4. The molecule has 0 radical (unpaired) electrons. The molecule has 10 heteroatoms. The van der Waals surface area contributed by atoms with Crippen LogP contribution in [0.2, 0.25) is 0 Å². The van der Waals surface area contributed by atoms with Crippen molar-refractivity contribution in [1.82, 2.24) is 14.3 Å². The van der Waals surface area contributed by atoms with Crippen molar-refractivity contribution in [3.8, 4) is 11.3 Å². The molecule has 0 saturated heterocycles. The first kappa shape index (κ1) is 20.6. The molecule has 29 heavy (non-hydrogen) atoms. The molecule has 0 amide bonds. The van der Waals surface area contributed by atoms with Crippen LogP contribution in [0.1, 0.15) is 18.5 Å². The first-order valence-electron chi connectivity index (χ1n) is 8.72. The van der Waals surface area contributed by atoms with Gasteiger partial charge in [0.25, 0.3) is 5.56 Å². The van der Waals surface area contributed by atoms with Crippen LogP contribution in [0.25, 0.3) is 22.2 Å². The van der Waals surface area contributed by atoms with E-state index in [1.54, 1.807) is 6.92 Å². The number of halogens is 4. The Kier molecular flexibility index (Phi) is 5.45. The molecule has 1 aromatic carbocycles. The molecule has 0 aliphatic rings. The van der Waals surface area contributed by atoms with Crippen molar-refractivity contribution in [2.24, 2.45) is 0 Å². The largest absolute Gasteiger partial charge is 0.480 e. The van der Waals surface area contributed by atoms with E-state index >= 15 is 0 Å². The summed E-state index contributed by atoms with van der Waals surface area (Å²) >= 11 is 0. The highest BCUT2D eigenvalue weighted by molar-refractivity contribution is 5.97. The van der Waals surface area contributed by atoms with Gasteiger partial charge in [0.1, 0.15) is 12.4 Å². The third kappa shape index (κ3) is 4.47. The minimum atomic E-state index is -4.33. The molecule has 0 unspecified atom stereocenters. The van der Waals surface area contributed by atoms with Gasteiger partial charge in [-0.1, -0.05) is 0 Å². The maximum atomic E-state index is 13.8. The molecule has 3 aromatic rings. The number of carboxylic acids is 1. The molecule has 0 aliphatic carbocycles. The maximum absolute atomic E-state index is 13.8. The van der Waals surface area contributed by atoms with E-state index in [2.05, 4.69) is 5.10 Å². The van der Waals surface area contributed by atoms with E-state index in [1.807, 2.05) is 0 Å². The number of aliphatic carboxylic acids is 1. The number of alkyl halides is 3. The number of carbonyl (C=O) groups is 1. The highest BCUT2D eigenvalue weighted by Crippen LogP contribution is 2.34. The smallest absolute Gasteiger partial charge is 0.389 e. The molecule has 2 aromatic heterocycles. The number of carboxylic acid groups (broad SMARTS) is 1. The van der Waals surface area contributed by atoms with Crippen molar-refractivity contribution in [3.05, 3.63) is 52.2 Å². The van der Waals surface area contributed by atoms with Crippen molar-refractivity contribution < 1.29 is 27.5 Å². The summed E-state index contributed by atoms with van der Waals surface area (Å²) in [6.07, 6.45) is -5.69. The molecule has 154 valence electrons. The minimum absolute atomic E-state index is 0.229. The van der Waals surface area contributed by atoms with Gasteiger partial charge in [-0.3, -0.25) is 9.59 Å². The van der Waals surface area contributed by atoms with Crippen LogP contribution in [0.4, 0.5) is 17.6 Å². The lowest BCUT2D eigenvalue weighted by Gasteiger charge is -2.09. The van der Waals surface area contributed by atoms with Crippen LogP contribution in [0.15, 0.2) is 35.1 Å². The molecule has 0 bridgehead atoms. The molecule has 3 rings (SSSR count). The van der Waals surface area contributed by atoms with Crippen molar-refractivity contribution in [2.45, 2.75) is 39.0 Å². The number of aromatic nitrogens is 3. The van der Waals surface area contributed by atoms with Gasteiger partial charge in [0.05, 0.1) is 5.69 Å². The van der Waals surface area contributed by atoms with Crippen molar-refractivity contribution in [3.63, 3.8) is 0 Å². The van der Waals surface area contributed by atoms with Gasteiger partial charge in [-0.25, -0.2) is 9.07 Å². The van der Waals surface area contributed by atoms with E-state index in [-0.39, 0.29) is 25.2 Å². The molecule has 0 fully saturated rings. The molecule has 6 nitrogen and oxygen atoms in total. The normalized spacial score (nSPS) is 11.9. The van der Waals surface area contributed by atoms with E-state index in [0.717, 1.165) is 4.68 Å². The summed E-state index contributed by atoms with van der Waals surface area (Å²) in [7, 11) is 0. The van der Waals surface area contributed by atoms with Gasteiger partial charge in [-0.15, -0.1) is 0 Å². The Hall–Kier alpha value is -3.17. The minimum Gasteiger partial charge on any atom is -0.480 e. The lowest BCUT2D eigenvalue weighted by Crippen LogP contribution is -2.23. The van der Waals surface area contributed by atoms with Crippen LogP contribution in [0.5, 0.6) is 0 Å². The van der Waals surface area contributed by atoms with Crippen LogP contribution in [-0.2, 0) is 17.9 Å². The monoisotopic (exact) mass is 411 g/mol. The lowest BCUT2D eigenvalue weighted by molar-refractivity contribution is -0.138. The van der Waals surface area contributed by atoms with Gasteiger partial charge >= 0.3 is 12.1 Å². The Morgan fingerprint density at radius 3 is 2.59 bits per heavy atom. The first-order valence-corrected chi connectivity index (χ1v) is 8.72. The Labute approximate surface area is 162 Å². The van der Waals surface area contributed by atoms with Crippen molar-refractivity contribution >= 4 is 16.9 Å². The number of benzene rings is 1. The fraction of sp³-hybridized carbons (Fsp3) is 0.316. The predicted molar refractivity (Wildman–Crippen MR) is 97.0 cm³/mol. The summed E-state index contributed by atoms with van der Waals surface area (Å²) in [5, 5.41) is 13.7. The first-order chi connectivity index (χ1) is 13.6. The molecule has 2 heterocycles. The molecule has 0 spiro atoms. The van der Waals surface area contributed by atoms with Crippen molar-refractivity contribution in [2.75, 3.05) is 0 Å². The van der Waals surface area contributed by atoms with E-state index in [4.69, 9.17) is 0 Å². The highest BCUT2D eigenvalue weighted by Gasteiger charge is 2.26. The second-order valence-electron chi connectivity index (χ2n) is 6.60. The fourth-order valence-corrected chi connectivity index (χ4v) is 3.29. The number of nitrogens with zero attached hydrogens (tertiary/aromatic N) is 3. The molecular formula is C19H17F4N3O3. The fourth-order valence-electron chi connectivity index (χ4n) is 3.29. The zero-order chi connectivity index (χ0) is 21.3. The number of hydrogen-bond acceptors (Lipinski definition) is 3. The summed E-state index contributed by atoms with van der Waals surface area (Å²) in [4.78, 5) is 23.2. The molecule has 1 N–H and O–H groups in total. The van der Waals surface area contributed by atoms with Crippen LogP contribution in [0.3, 0.4) is 0 Å². The molecule has 0 atom stereocenters. The number of aryl methyl sites for hydroxylation is 1. The van der Waals surface area contributed by atoms with Gasteiger partial charge < -0.3 is 9.67 Å². The molecule has 0 aliphatic heterocycles. The maximum Gasteiger partial charge on any atom is 0.389 e. The molecular weight excluding hydrogens is 394 g/mol. The second kappa shape index (κ2) is 7.69. The summed E-state index contributed by atoms with van der Waals surface area (Å²) in [6, 6.07) is 6.45. The van der Waals surface area contributed by atoms with Gasteiger partial charge in [0.2, 0.25) is 0 Å². The quantitative estimate of drug-likeness (QED) is 0.627. The van der Waals surface area contributed by atoms with Crippen LogP contribution in [0, 0.1) is 12.7 Å². The third-order valence-corrected chi connectivity index (χ3v) is 4.53. The van der Waals surface area contributed by atoms with Crippen LogP contribution >= 0.6 is 0 Å². The average Bonchev–Trinajstić information content (AvgIpc) is 2.86. The van der Waals surface area contributed by atoms with Crippen LogP contribution in [-0.4, -0.2) is 31.6 Å². The Morgan fingerprint density at radius 1 is 1.21 bits per heavy atom. The molecule has 0 saturated carbocycles. The number of fused-ring (bicyclic) bond motifs is 1. The van der Waals surface area contributed by atoms with E-state index < -0.39 is 29.9 Å². The summed E-state index contributed by atoms with van der Waals surface area (Å²) in [5.74, 6) is -1.63. The lowest BCUT2D eigenvalue weighted by atomic mass is 10.1. The predicted octanol–water partition coefficient (Wildman–Crippen LogP) is 3.74. The van der Waals surface area contributed by atoms with Crippen molar-refractivity contribution in [1.29, 1.82) is 0 Å². The summed E-state index contributed by atoms with van der Waals surface area (Å²) in [5.41, 5.74) is 1.06. The number of rotatable bonds is 6. The topological polar surface area (TPSA) is 77.1 Å². The summed E-state index contributed by atoms with van der Waals surface area (Å²) < 4.78 is 53.4. The Morgan fingerprint density at radius 2 is 1.93 bits per heavy atom. The van der Waals surface area contributed by atoms with Gasteiger partial charge in [0.15, 0.2) is 0 Å². The average molecular weight is 411 g/mol. The van der Waals surface area contributed by atoms with E-state index in [9.17, 15) is 32.3 Å². The van der Waals surface area contributed by atoms with Gasteiger partial charge in [-0.2, -0.15) is 18.3 Å². The Bertz CT molecular complexity index is 1130. The Balaban J connectivity index is 2.09. The second-order valence-corrected chi connectivity index (χ2v) is 6.60. The van der Waals surface area contributed by atoms with Gasteiger partial charge in [-0.05, 0) is 37.6 Å². The van der Waals surface area contributed by atoms with Crippen LogP contribution < -0.4 is 5.56 Å². The SMILES string of the molecule is Cc1c(-c2ccc(=O)n(CCCC(F)(F)F)n2)c2cc(F)ccc2n1CC(=O)O. The van der Waals surface area contributed by atoms with Gasteiger partial charge in [0, 0.05) is 41.2 Å².